The molecule has 0 spiro atoms. The summed E-state index contributed by atoms with van der Waals surface area (Å²) >= 11 is 0. The highest BCUT2D eigenvalue weighted by atomic mass is 16.5. The molecule has 0 aliphatic heterocycles. The minimum atomic E-state index is 0.688. The molecule has 16 heavy (non-hydrogen) atoms. The van der Waals surface area contributed by atoms with Crippen molar-refractivity contribution in [2.75, 3.05) is 32.6 Å². The summed E-state index contributed by atoms with van der Waals surface area (Å²) in [5.74, 6) is 0.962. The van der Waals surface area contributed by atoms with Crippen LogP contribution in [0.1, 0.15) is 16.8 Å². The van der Waals surface area contributed by atoms with Gasteiger partial charge >= 0.3 is 0 Å². The standard InChI is InChI=1S/C12H21N3O/c1-9-7-10(2)15-12(11(9)8-13-3)14-5-6-16-4/h7,13H,5-6,8H2,1-4H3,(H,14,15). The van der Waals surface area contributed by atoms with Crippen molar-refractivity contribution in [3.63, 3.8) is 0 Å². The van der Waals surface area contributed by atoms with E-state index < -0.39 is 0 Å². The van der Waals surface area contributed by atoms with Crippen LogP contribution in [0.5, 0.6) is 0 Å². The number of hydrogen-bond acceptors (Lipinski definition) is 4. The zero-order valence-corrected chi connectivity index (χ0v) is 10.6. The lowest BCUT2D eigenvalue weighted by atomic mass is 10.1. The van der Waals surface area contributed by atoms with Crippen LogP contribution in [0.15, 0.2) is 6.07 Å². The van der Waals surface area contributed by atoms with Gasteiger partial charge in [-0.05, 0) is 32.5 Å². The Balaban J connectivity index is 2.85. The van der Waals surface area contributed by atoms with E-state index in [4.69, 9.17) is 4.74 Å². The van der Waals surface area contributed by atoms with E-state index >= 15 is 0 Å². The van der Waals surface area contributed by atoms with Crippen molar-refractivity contribution in [1.82, 2.24) is 10.3 Å². The van der Waals surface area contributed by atoms with Crippen LogP contribution in [0.25, 0.3) is 0 Å². The average molecular weight is 223 g/mol. The molecule has 0 fully saturated rings. The van der Waals surface area contributed by atoms with Crippen LogP contribution >= 0.6 is 0 Å². The largest absolute Gasteiger partial charge is 0.383 e. The lowest BCUT2D eigenvalue weighted by Gasteiger charge is -2.14. The first-order valence-corrected chi connectivity index (χ1v) is 5.53. The summed E-state index contributed by atoms with van der Waals surface area (Å²) in [7, 11) is 3.64. The van der Waals surface area contributed by atoms with Gasteiger partial charge in [0.2, 0.25) is 0 Å². The lowest BCUT2D eigenvalue weighted by Crippen LogP contribution is -2.15. The summed E-state index contributed by atoms with van der Waals surface area (Å²) in [6.45, 7) is 6.42. The van der Waals surface area contributed by atoms with Crippen molar-refractivity contribution in [1.29, 1.82) is 0 Å². The molecule has 4 heteroatoms. The third-order valence-electron chi connectivity index (χ3n) is 2.43. The number of nitrogens with zero attached hydrogens (tertiary/aromatic N) is 1. The Morgan fingerprint density at radius 2 is 2.12 bits per heavy atom. The molecule has 0 saturated carbocycles. The van der Waals surface area contributed by atoms with E-state index in [2.05, 4.69) is 28.6 Å². The number of pyridine rings is 1. The number of aromatic nitrogens is 1. The Kier molecular flexibility index (Phi) is 5.22. The van der Waals surface area contributed by atoms with Gasteiger partial charge in [0.25, 0.3) is 0 Å². The van der Waals surface area contributed by atoms with Crippen LogP contribution in [0.3, 0.4) is 0 Å². The van der Waals surface area contributed by atoms with Crippen molar-refractivity contribution < 1.29 is 4.74 Å². The van der Waals surface area contributed by atoms with Gasteiger partial charge in [-0.25, -0.2) is 4.98 Å². The van der Waals surface area contributed by atoms with E-state index in [0.717, 1.165) is 24.6 Å². The van der Waals surface area contributed by atoms with Crippen LogP contribution in [0.4, 0.5) is 5.82 Å². The third kappa shape index (κ3) is 3.47. The minimum absolute atomic E-state index is 0.688. The first-order valence-electron chi connectivity index (χ1n) is 5.53. The van der Waals surface area contributed by atoms with Crippen LogP contribution in [0.2, 0.25) is 0 Å². The van der Waals surface area contributed by atoms with Gasteiger partial charge in [0.1, 0.15) is 5.82 Å². The fourth-order valence-electron chi connectivity index (χ4n) is 1.68. The Morgan fingerprint density at radius 1 is 1.38 bits per heavy atom. The van der Waals surface area contributed by atoms with E-state index in [1.54, 1.807) is 7.11 Å². The highest BCUT2D eigenvalue weighted by Gasteiger charge is 2.07. The van der Waals surface area contributed by atoms with Crippen LogP contribution in [0, 0.1) is 13.8 Å². The van der Waals surface area contributed by atoms with Crippen LogP contribution < -0.4 is 10.6 Å². The molecule has 4 nitrogen and oxygen atoms in total. The topological polar surface area (TPSA) is 46.2 Å². The Labute approximate surface area is 97.4 Å². The van der Waals surface area contributed by atoms with E-state index in [0.29, 0.717) is 6.61 Å². The summed E-state index contributed by atoms with van der Waals surface area (Å²) in [6, 6.07) is 2.11. The number of anilines is 1. The molecule has 0 aliphatic rings. The zero-order chi connectivity index (χ0) is 12.0. The van der Waals surface area contributed by atoms with Gasteiger partial charge < -0.3 is 15.4 Å². The van der Waals surface area contributed by atoms with Crippen LogP contribution in [-0.2, 0) is 11.3 Å². The maximum absolute atomic E-state index is 5.02. The van der Waals surface area contributed by atoms with Gasteiger partial charge in [0, 0.05) is 31.5 Å². The second-order valence-corrected chi connectivity index (χ2v) is 3.86. The van der Waals surface area contributed by atoms with Gasteiger partial charge in [0.15, 0.2) is 0 Å². The average Bonchev–Trinajstić information content (AvgIpc) is 2.23. The zero-order valence-electron chi connectivity index (χ0n) is 10.6. The smallest absolute Gasteiger partial charge is 0.131 e. The van der Waals surface area contributed by atoms with Crippen LogP contribution in [-0.4, -0.2) is 32.3 Å². The fraction of sp³-hybridized carbons (Fsp3) is 0.583. The second kappa shape index (κ2) is 6.45. The van der Waals surface area contributed by atoms with Crippen molar-refractivity contribution >= 4 is 5.82 Å². The first kappa shape index (κ1) is 12.9. The molecule has 0 bridgehead atoms. The Hall–Kier alpha value is -1.13. The minimum Gasteiger partial charge on any atom is -0.383 e. The van der Waals surface area contributed by atoms with Gasteiger partial charge in [-0.1, -0.05) is 0 Å². The summed E-state index contributed by atoms with van der Waals surface area (Å²) < 4.78 is 5.02. The Bertz CT molecular complexity index is 339. The molecule has 0 aromatic carbocycles. The summed E-state index contributed by atoms with van der Waals surface area (Å²) in [5.41, 5.74) is 3.53. The highest BCUT2D eigenvalue weighted by molar-refractivity contribution is 5.49. The maximum atomic E-state index is 5.02. The lowest BCUT2D eigenvalue weighted by molar-refractivity contribution is 0.210. The molecule has 90 valence electrons. The summed E-state index contributed by atoms with van der Waals surface area (Å²) in [5, 5.41) is 6.47. The van der Waals surface area contributed by atoms with E-state index in [-0.39, 0.29) is 0 Å². The highest BCUT2D eigenvalue weighted by Crippen LogP contribution is 2.18. The quantitative estimate of drug-likeness (QED) is 0.717. The molecular formula is C12H21N3O. The molecule has 0 aliphatic carbocycles. The molecular weight excluding hydrogens is 202 g/mol. The normalized spacial score (nSPS) is 10.5. The fourth-order valence-corrected chi connectivity index (χ4v) is 1.68. The van der Waals surface area contributed by atoms with Gasteiger partial charge in [0.05, 0.1) is 6.61 Å². The Morgan fingerprint density at radius 3 is 2.75 bits per heavy atom. The summed E-state index contributed by atoms with van der Waals surface area (Å²) in [4.78, 5) is 4.52. The van der Waals surface area contributed by atoms with Gasteiger partial charge in [-0.3, -0.25) is 0 Å². The predicted molar refractivity (Wildman–Crippen MR) is 66.8 cm³/mol. The molecule has 0 amide bonds. The molecule has 1 aromatic rings. The van der Waals surface area contributed by atoms with Crippen molar-refractivity contribution in [2.45, 2.75) is 20.4 Å². The molecule has 1 rings (SSSR count). The number of nitrogens with one attached hydrogen (secondary N) is 2. The number of methoxy groups -OCH3 is 1. The van der Waals surface area contributed by atoms with Crippen molar-refractivity contribution in [3.8, 4) is 0 Å². The van der Waals surface area contributed by atoms with E-state index in [1.807, 2.05) is 14.0 Å². The molecule has 0 saturated heterocycles. The number of hydrogen-bond donors (Lipinski definition) is 2. The van der Waals surface area contributed by atoms with Crippen molar-refractivity contribution in [2.24, 2.45) is 0 Å². The monoisotopic (exact) mass is 223 g/mol. The number of aryl methyl sites for hydroxylation is 2. The molecule has 2 N–H and O–H groups in total. The summed E-state index contributed by atoms with van der Waals surface area (Å²) in [6.07, 6.45) is 0. The predicted octanol–water partition coefficient (Wildman–Crippen LogP) is 1.48. The first-order chi connectivity index (χ1) is 7.69. The maximum Gasteiger partial charge on any atom is 0.131 e. The SMILES string of the molecule is CNCc1c(C)cc(C)nc1NCCOC. The van der Waals surface area contributed by atoms with Gasteiger partial charge in [-0.2, -0.15) is 0 Å². The number of rotatable bonds is 6. The number of ether oxygens (including phenoxy) is 1. The third-order valence-corrected chi connectivity index (χ3v) is 2.43. The molecule has 0 atom stereocenters. The molecule has 0 unspecified atom stereocenters. The molecule has 1 heterocycles. The van der Waals surface area contributed by atoms with Crippen molar-refractivity contribution in [3.05, 3.63) is 22.9 Å². The van der Waals surface area contributed by atoms with E-state index in [1.165, 1.54) is 11.1 Å². The van der Waals surface area contributed by atoms with E-state index in [9.17, 15) is 0 Å². The second-order valence-electron chi connectivity index (χ2n) is 3.86. The molecule has 0 radical (unpaired) electrons. The molecule has 1 aromatic heterocycles. The van der Waals surface area contributed by atoms with Gasteiger partial charge in [-0.15, -0.1) is 0 Å².